The minimum Gasteiger partial charge on any atom is -0.464 e. The maximum absolute atomic E-state index is 11.4. The molecule has 0 saturated heterocycles. The van der Waals surface area contributed by atoms with Crippen LogP contribution >= 0.6 is 0 Å². The number of carbonyl (C=O) groups is 1. The quantitative estimate of drug-likeness (QED) is 0.817. The van der Waals surface area contributed by atoms with Crippen LogP contribution in [0.15, 0.2) is 30.5 Å². The van der Waals surface area contributed by atoms with Gasteiger partial charge in [0.05, 0.1) is 24.2 Å². The number of ether oxygens (including phenoxy) is 1. The molecule has 0 aliphatic heterocycles. The van der Waals surface area contributed by atoms with Crippen molar-refractivity contribution in [1.29, 1.82) is 0 Å². The molecule has 2 heterocycles. The lowest BCUT2D eigenvalue weighted by Gasteiger charge is -2.10. The molecule has 0 atom stereocenters. The van der Waals surface area contributed by atoms with Crippen LogP contribution in [-0.4, -0.2) is 23.0 Å². The third-order valence-electron chi connectivity index (χ3n) is 2.58. The Morgan fingerprint density at radius 3 is 2.84 bits per heavy atom. The molecular formula is C13H14N4O2. The van der Waals surface area contributed by atoms with Crippen LogP contribution in [0.1, 0.15) is 16.2 Å². The number of hydrogen-bond acceptors (Lipinski definition) is 6. The van der Waals surface area contributed by atoms with E-state index in [-0.39, 0.29) is 5.69 Å². The molecule has 0 aliphatic carbocycles. The number of anilines is 3. The molecule has 0 amide bonds. The molecule has 3 N–H and O–H groups in total. The lowest BCUT2D eigenvalue weighted by atomic mass is 10.3. The van der Waals surface area contributed by atoms with Gasteiger partial charge in [-0.3, -0.25) is 4.98 Å². The summed E-state index contributed by atoms with van der Waals surface area (Å²) in [5.41, 5.74) is 8.06. The van der Waals surface area contributed by atoms with E-state index in [0.29, 0.717) is 11.5 Å². The van der Waals surface area contributed by atoms with Crippen LogP contribution in [-0.2, 0) is 4.74 Å². The third-order valence-corrected chi connectivity index (χ3v) is 2.58. The highest BCUT2D eigenvalue weighted by Crippen LogP contribution is 2.22. The molecule has 0 unspecified atom stereocenters. The second-order valence-electron chi connectivity index (χ2n) is 3.89. The van der Waals surface area contributed by atoms with Gasteiger partial charge in [-0.05, 0) is 31.2 Å². The summed E-state index contributed by atoms with van der Waals surface area (Å²) in [7, 11) is 1.30. The van der Waals surface area contributed by atoms with Crippen molar-refractivity contribution >= 4 is 23.2 Å². The molecule has 2 aromatic heterocycles. The molecule has 6 nitrogen and oxygen atoms in total. The minimum atomic E-state index is -0.508. The standard InChI is InChI=1S/C13H14N4O2/c1-8-10(4-3-7-15-8)16-12-9(14)5-6-11(17-12)13(18)19-2/h3-7H,14H2,1-2H3,(H,16,17). The van der Waals surface area contributed by atoms with Crippen molar-refractivity contribution in [1.82, 2.24) is 9.97 Å². The highest BCUT2D eigenvalue weighted by Gasteiger charge is 2.11. The van der Waals surface area contributed by atoms with Gasteiger partial charge in [-0.15, -0.1) is 0 Å². The second-order valence-corrected chi connectivity index (χ2v) is 3.89. The molecule has 0 aromatic carbocycles. The summed E-state index contributed by atoms with van der Waals surface area (Å²) in [4.78, 5) is 19.7. The summed E-state index contributed by atoms with van der Waals surface area (Å²) in [6.45, 7) is 1.86. The van der Waals surface area contributed by atoms with Gasteiger partial charge in [0, 0.05) is 6.20 Å². The fourth-order valence-corrected chi connectivity index (χ4v) is 1.53. The number of nitrogens with zero attached hydrogens (tertiary/aromatic N) is 2. The lowest BCUT2D eigenvalue weighted by molar-refractivity contribution is 0.0594. The zero-order valence-electron chi connectivity index (χ0n) is 10.7. The molecule has 0 spiro atoms. The van der Waals surface area contributed by atoms with Gasteiger partial charge in [0.1, 0.15) is 0 Å². The van der Waals surface area contributed by atoms with Gasteiger partial charge < -0.3 is 15.8 Å². The predicted octanol–water partition coefficient (Wildman–Crippen LogP) is 1.90. The number of nitrogens with two attached hydrogens (primary N) is 1. The Kier molecular flexibility index (Phi) is 3.61. The van der Waals surface area contributed by atoms with E-state index < -0.39 is 5.97 Å². The van der Waals surface area contributed by atoms with Crippen molar-refractivity contribution in [3.05, 3.63) is 41.9 Å². The van der Waals surface area contributed by atoms with E-state index in [1.807, 2.05) is 13.0 Å². The maximum atomic E-state index is 11.4. The van der Waals surface area contributed by atoms with Gasteiger partial charge in [0.15, 0.2) is 11.5 Å². The van der Waals surface area contributed by atoms with E-state index in [1.54, 1.807) is 18.3 Å². The summed E-state index contributed by atoms with van der Waals surface area (Å²) in [6.07, 6.45) is 1.70. The predicted molar refractivity (Wildman–Crippen MR) is 72.2 cm³/mol. The van der Waals surface area contributed by atoms with Crippen molar-refractivity contribution in [2.45, 2.75) is 6.92 Å². The number of pyridine rings is 2. The molecule has 0 bridgehead atoms. The van der Waals surface area contributed by atoms with Crippen molar-refractivity contribution in [2.75, 3.05) is 18.2 Å². The van der Waals surface area contributed by atoms with Crippen LogP contribution in [0.25, 0.3) is 0 Å². The third kappa shape index (κ3) is 2.79. The average Bonchev–Trinajstić information content (AvgIpc) is 2.42. The monoisotopic (exact) mass is 258 g/mol. The van der Waals surface area contributed by atoms with Gasteiger partial charge in [-0.2, -0.15) is 0 Å². The molecule has 19 heavy (non-hydrogen) atoms. The number of nitrogen functional groups attached to an aromatic ring is 1. The van der Waals surface area contributed by atoms with Crippen molar-refractivity contribution in [2.24, 2.45) is 0 Å². The zero-order valence-corrected chi connectivity index (χ0v) is 10.7. The summed E-state index contributed by atoms with van der Waals surface area (Å²) in [5, 5.41) is 3.05. The van der Waals surface area contributed by atoms with Crippen molar-refractivity contribution in [3.8, 4) is 0 Å². The molecule has 0 fully saturated rings. The summed E-state index contributed by atoms with van der Waals surface area (Å²) < 4.78 is 4.62. The number of rotatable bonds is 3. The highest BCUT2D eigenvalue weighted by atomic mass is 16.5. The van der Waals surface area contributed by atoms with Gasteiger partial charge in [0.25, 0.3) is 0 Å². The van der Waals surface area contributed by atoms with Crippen LogP contribution in [0.3, 0.4) is 0 Å². The number of carbonyl (C=O) groups excluding carboxylic acids is 1. The van der Waals surface area contributed by atoms with Crippen LogP contribution in [0.2, 0.25) is 0 Å². The van der Waals surface area contributed by atoms with E-state index in [1.165, 1.54) is 13.2 Å². The molecule has 0 radical (unpaired) electrons. The lowest BCUT2D eigenvalue weighted by Crippen LogP contribution is -2.08. The molecule has 6 heteroatoms. The van der Waals surface area contributed by atoms with Crippen LogP contribution in [0.5, 0.6) is 0 Å². The van der Waals surface area contributed by atoms with Gasteiger partial charge in [-0.1, -0.05) is 0 Å². The van der Waals surface area contributed by atoms with Crippen LogP contribution in [0.4, 0.5) is 17.2 Å². The van der Waals surface area contributed by atoms with E-state index in [9.17, 15) is 4.79 Å². The van der Waals surface area contributed by atoms with E-state index in [4.69, 9.17) is 5.73 Å². The molecule has 0 saturated carbocycles. The number of hydrogen-bond donors (Lipinski definition) is 2. The molecule has 98 valence electrons. The number of aryl methyl sites for hydroxylation is 1. The fraction of sp³-hybridized carbons (Fsp3) is 0.154. The average molecular weight is 258 g/mol. The minimum absolute atomic E-state index is 0.195. The Morgan fingerprint density at radius 2 is 2.16 bits per heavy atom. The first kappa shape index (κ1) is 12.8. The zero-order chi connectivity index (χ0) is 13.8. The summed E-state index contributed by atoms with van der Waals surface area (Å²) >= 11 is 0. The first-order valence-corrected chi connectivity index (χ1v) is 5.65. The van der Waals surface area contributed by atoms with Crippen LogP contribution < -0.4 is 11.1 Å². The van der Waals surface area contributed by atoms with Gasteiger partial charge in [-0.25, -0.2) is 9.78 Å². The number of aromatic nitrogens is 2. The summed E-state index contributed by atoms with van der Waals surface area (Å²) in [6, 6.07) is 6.78. The molecule has 2 aromatic rings. The topological polar surface area (TPSA) is 90.1 Å². The molecule has 2 rings (SSSR count). The largest absolute Gasteiger partial charge is 0.464 e. The Hall–Kier alpha value is -2.63. The number of esters is 1. The number of nitrogens with one attached hydrogen (secondary N) is 1. The van der Waals surface area contributed by atoms with E-state index >= 15 is 0 Å². The van der Waals surface area contributed by atoms with Crippen molar-refractivity contribution in [3.63, 3.8) is 0 Å². The fourth-order valence-electron chi connectivity index (χ4n) is 1.53. The van der Waals surface area contributed by atoms with Gasteiger partial charge >= 0.3 is 5.97 Å². The second kappa shape index (κ2) is 5.34. The SMILES string of the molecule is COC(=O)c1ccc(N)c(Nc2cccnc2C)n1. The highest BCUT2D eigenvalue weighted by molar-refractivity contribution is 5.88. The Balaban J connectivity index is 2.34. The number of methoxy groups -OCH3 is 1. The molecule has 0 aliphatic rings. The first-order valence-electron chi connectivity index (χ1n) is 5.65. The Morgan fingerprint density at radius 1 is 1.37 bits per heavy atom. The van der Waals surface area contributed by atoms with Crippen LogP contribution in [0, 0.1) is 6.92 Å². The van der Waals surface area contributed by atoms with Crippen molar-refractivity contribution < 1.29 is 9.53 Å². The van der Waals surface area contributed by atoms with E-state index in [2.05, 4.69) is 20.0 Å². The maximum Gasteiger partial charge on any atom is 0.356 e. The normalized spacial score (nSPS) is 10.0. The van der Waals surface area contributed by atoms with E-state index in [0.717, 1.165) is 11.4 Å². The Bertz CT molecular complexity index is 613. The summed E-state index contributed by atoms with van der Waals surface area (Å²) in [5.74, 6) is -0.107. The first-order chi connectivity index (χ1) is 9.11. The smallest absolute Gasteiger partial charge is 0.356 e. The Labute approximate surface area is 110 Å². The van der Waals surface area contributed by atoms with Gasteiger partial charge in [0.2, 0.25) is 0 Å². The molecular weight excluding hydrogens is 244 g/mol.